The first-order chi connectivity index (χ1) is 12.5. The summed E-state index contributed by atoms with van der Waals surface area (Å²) in [6.45, 7) is 0.283. The van der Waals surface area contributed by atoms with Gasteiger partial charge in [-0.2, -0.15) is 0 Å². The zero-order valence-corrected chi connectivity index (χ0v) is 14.0. The number of amides is 3. The van der Waals surface area contributed by atoms with Gasteiger partial charge in [0.1, 0.15) is 17.4 Å². The van der Waals surface area contributed by atoms with E-state index in [9.17, 15) is 18.4 Å². The predicted octanol–water partition coefficient (Wildman–Crippen LogP) is 2.90. The van der Waals surface area contributed by atoms with Crippen molar-refractivity contribution >= 4 is 23.3 Å². The molecule has 1 atom stereocenters. The molecular formula is C18H17F2N3O3. The van der Waals surface area contributed by atoms with E-state index in [0.29, 0.717) is 17.5 Å². The molecule has 1 fully saturated rings. The number of hydrogen-bond acceptors (Lipinski definition) is 3. The number of urea groups is 1. The second-order valence-electron chi connectivity index (χ2n) is 5.83. The van der Waals surface area contributed by atoms with Crippen LogP contribution in [0.15, 0.2) is 42.5 Å². The van der Waals surface area contributed by atoms with Crippen LogP contribution < -0.4 is 20.3 Å². The minimum Gasteiger partial charge on any atom is -0.497 e. The topological polar surface area (TPSA) is 70.7 Å². The Bertz CT molecular complexity index is 844. The Kier molecular flexibility index (Phi) is 5.01. The lowest BCUT2D eigenvalue weighted by atomic mass is 10.2. The summed E-state index contributed by atoms with van der Waals surface area (Å²) < 4.78 is 31.6. The normalized spacial score (nSPS) is 16.5. The van der Waals surface area contributed by atoms with Crippen molar-refractivity contribution in [3.05, 3.63) is 54.1 Å². The number of anilines is 2. The molecule has 0 spiro atoms. The molecule has 26 heavy (non-hydrogen) atoms. The number of nitrogens with one attached hydrogen (secondary N) is 2. The van der Waals surface area contributed by atoms with Crippen LogP contribution in [0, 0.1) is 11.6 Å². The molecule has 2 aromatic carbocycles. The minimum atomic E-state index is -0.874. The van der Waals surface area contributed by atoms with E-state index < -0.39 is 23.7 Å². The largest absolute Gasteiger partial charge is 0.497 e. The van der Waals surface area contributed by atoms with Gasteiger partial charge in [-0.1, -0.05) is 6.07 Å². The van der Waals surface area contributed by atoms with Gasteiger partial charge in [-0.3, -0.25) is 4.79 Å². The number of methoxy groups -OCH3 is 1. The van der Waals surface area contributed by atoms with Crippen LogP contribution in [0.3, 0.4) is 0 Å². The van der Waals surface area contributed by atoms with Gasteiger partial charge in [-0.05, 0) is 24.3 Å². The maximum atomic E-state index is 13.6. The minimum absolute atomic E-state index is 0.122. The Morgan fingerprint density at radius 2 is 2.04 bits per heavy atom. The molecule has 2 aromatic rings. The molecule has 0 radical (unpaired) electrons. The number of nitrogens with zero attached hydrogens (tertiary/aromatic N) is 1. The van der Waals surface area contributed by atoms with Crippen molar-refractivity contribution in [2.75, 3.05) is 23.9 Å². The molecule has 0 saturated carbocycles. The molecule has 3 amide bonds. The summed E-state index contributed by atoms with van der Waals surface area (Å²) in [5.41, 5.74) is 0.529. The summed E-state index contributed by atoms with van der Waals surface area (Å²) in [6, 6.07) is 8.80. The first-order valence-corrected chi connectivity index (χ1v) is 7.93. The number of rotatable bonds is 4. The van der Waals surface area contributed by atoms with Gasteiger partial charge in [-0.15, -0.1) is 0 Å². The third kappa shape index (κ3) is 3.90. The van der Waals surface area contributed by atoms with Gasteiger partial charge in [0.05, 0.1) is 18.8 Å². The highest BCUT2D eigenvalue weighted by molar-refractivity contribution is 5.97. The van der Waals surface area contributed by atoms with Gasteiger partial charge in [0, 0.05) is 30.8 Å². The lowest BCUT2D eigenvalue weighted by Gasteiger charge is -2.18. The molecule has 2 N–H and O–H groups in total. The molecule has 1 aliphatic heterocycles. The van der Waals surface area contributed by atoms with Crippen LogP contribution in [-0.4, -0.2) is 31.6 Å². The van der Waals surface area contributed by atoms with Crippen LogP contribution in [0.4, 0.5) is 25.0 Å². The smallest absolute Gasteiger partial charge is 0.319 e. The van der Waals surface area contributed by atoms with Gasteiger partial charge >= 0.3 is 6.03 Å². The van der Waals surface area contributed by atoms with Crippen molar-refractivity contribution in [1.29, 1.82) is 0 Å². The molecule has 1 unspecified atom stereocenters. The zero-order chi connectivity index (χ0) is 18.7. The Morgan fingerprint density at radius 3 is 2.77 bits per heavy atom. The lowest BCUT2D eigenvalue weighted by Crippen LogP contribution is -2.39. The van der Waals surface area contributed by atoms with Gasteiger partial charge in [0.25, 0.3) is 0 Å². The molecule has 0 aliphatic carbocycles. The van der Waals surface area contributed by atoms with Crippen LogP contribution in [0.25, 0.3) is 0 Å². The first kappa shape index (κ1) is 17.7. The quantitative estimate of drug-likeness (QED) is 0.880. The SMILES string of the molecule is COc1cccc(N2CC(NC(=O)Nc3ccc(F)cc3F)CC2=O)c1. The average Bonchev–Trinajstić information content (AvgIpc) is 2.97. The van der Waals surface area contributed by atoms with Crippen molar-refractivity contribution in [3.8, 4) is 5.75 Å². The van der Waals surface area contributed by atoms with Crippen molar-refractivity contribution < 1.29 is 23.1 Å². The van der Waals surface area contributed by atoms with Crippen molar-refractivity contribution in [2.24, 2.45) is 0 Å². The van der Waals surface area contributed by atoms with Gasteiger partial charge in [-0.25, -0.2) is 13.6 Å². The third-order valence-corrected chi connectivity index (χ3v) is 4.00. The van der Waals surface area contributed by atoms with Crippen molar-refractivity contribution in [1.82, 2.24) is 5.32 Å². The van der Waals surface area contributed by atoms with E-state index in [4.69, 9.17) is 4.74 Å². The maximum Gasteiger partial charge on any atom is 0.319 e. The molecular weight excluding hydrogens is 344 g/mol. The zero-order valence-electron chi connectivity index (χ0n) is 14.0. The van der Waals surface area contributed by atoms with E-state index in [-0.39, 0.29) is 24.6 Å². The highest BCUT2D eigenvalue weighted by Gasteiger charge is 2.31. The molecule has 0 aromatic heterocycles. The summed E-state index contributed by atoms with van der Waals surface area (Å²) in [5, 5.41) is 4.93. The summed E-state index contributed by atoms with van der Waals surface area (Å²) in [7, 11) is 1.54. The fraction of sp³-hybridized carbons (Fsp3) is 0.222. The standard InChI is InChI=1S/C18H17F2N3O3/c1-26-14-4-2-3-13(9-14)23-10-12(8-17(23)24)21-18(25)22-16-6-5-11(19)7-15(16)20/h2-7,9,12H,8,10H2,1H3,(H2,21,22,25). The van der Waals surface area contributed by atoms with Crippen LogP contribution >= 0.6 is 0 Å². The van der Waals surface area contributed by atoms with Crippen LogP contribution in [-0.2, 0) is 4.79 Å². The van der Waals surface area contributed by atoms with Crippen molar-refractivity contribution in [2.45, 2.75) is 12.5 Å². The van der Waals surface area contributed by atoms with E-state index in [1.807, 2.05) is 0 Å². The van der Waals surface area contributed by atoms with Crippen molar-refractivity contribution in [3.63, 3.8) is 0 Å². The summed E-state index contributed by atoms with van der Waals surface area (Å²) in [6.07, 6.45) is 0.122. The number of halogens is 2. The van der Waals surface area contributed by atoms with E-state index in [1.165, 1.54) is 7.11 Å². The number of benzene rings is 2. The van der Waals surface area contributed by atoms with E-state index in [1.54, 1.807) is 29.2 Å². The Morgan fingerprint density at radius 1 is 1.23 bits per heavy atom. The Labute approximate surface area is 148 Å². The molecule has 0 bridgehead atoms. The third-order valence-electron chi connectivity index (χ3n) is 4.00. The van der Waals surface area contributed by atoms with Gasteiger partial charge in [0.15, 0.2) is 0 Å². The van der Waals surface area contributed by atoms with Crippen LogP contribution in [0.1, 0.15) is 6.42 Å². The molecule has 6 nitrogen and oxygen atoms in total. The highest BCUT2D eigenvalue weighted by atomic mass is 19.1. The maximum absolute atomic E-state index is 13.6. The van der Waals surface area contributed by atoms with Gasteiger partial charge in [0.2, 0.25) is 5.91 Å². The lowest BCUT2D eigenvalue weighted by molar-refractivity contribution is -0.117. The summed E-state index contributed by atoms with van der Waals surface area (Å²) in [4.78, 5) is 25.8. The number of carbonyl (C=O) groups is 2. The fourth-order valence-electron chi connectivity index (χ4n) is 2.77. The van der Waals surface area contributed by atoms with Crippen LogP contribution in [0.2, 0.25) is 0 Å². The predicted molar refractivity (Wildman–Crippen MR) is 92.3 cm³/mol. The molecule has 136 valence electrons. The Hall–Kier alpha value is -3.16. The number of carbonyl (C=O) groups excluding carboxylic acids is 2. The first-order valence-electron chi connectivity index (χ1n) is 7.93. The average molecular weight is 361 g/mol. The molecule has 1 saturated heterocycles. The van der Waals surface area contributed by atoms with Gasteiger partial charge < -0.3 is 20.3 Å². The number of hydrogen-bond donors (Lipinski definition) is 2. The second-order valence-corrected chi connectivity index (χ2v) is 5.83. The molecule has 8 heteroatoms. The van der Waals surface area contributed by atoms with Crippen LogP contribution in [0.5, 0.6) is 5.75 Å². The second kappa shape index (κ2) is 7.38. The monoisotopic (exact) mass is 361 g/mol. The summed E-state index contributed by atoms with van der Waals surface area (Å²) in [5.74, 6) is -1.13. The highest BCUT2D eigenvalue weighted by Crippen LogP contribution is 2.25. The summed E-state index contributed by atoms with van der Waals surface area (Å²) >= 11 is 0. The fourth-order valence-corrected chi connectivity index (χ4v) is 2.77. The van der Waals surface area contributed by atoms with E-state index in [0.717, 1.165) is 12.1 Å². The Balaban J connectivity index is 1.62. The molecule has 1 aliphatic rings. The van der Waals surface area contributed by atoms with E-state index in [2.05, 4.69) is 10.6 Å². The molecule has 3 rings (SSSR count). The van der Waals surface area contributed by atoms with E-state index >= 15 is 0 Å². The number of ether oxygens (including phenoxy) is 1. The molecule has 1 heterocycles.